The molecule has 144 valence electrons. The van der Waals surface area contributed by atoms with Gasteiger partial charge in [0.05, 0.1) is 11.4 Å². The van der Waals surface area contributed by atoms with Crippen molar-refractivity contribution in [2.75, 3.05) is 26.0 Å². The van der Waals surface area contributed by atoms with E-state index in [1.165, 1.54) is 27.1 Å². The molecule has 0 radical (unpaired) electrons. The zero-order valence-corrected chi connectivity index (χ0v) is 16.6. The van der Waals surface area contributed by atoms with E-state index in [-0.39, 0.29) is 23.3 Å². The fourth-order valence-electron chi connectivity index (χ4n) is 2.60. The Morgan fingerprint density at radius 1 is 1.07 bits per heavy atom. The van der Waals surface area contributed by atoms with E-state index in [1.807, 2.05) is 19.1 Å². The first kappa shape index (κ1) is 20.6. The topological polar surface area (TPSA) is 95.6 Å². The van der Waals surface area contributed by atoms with Gasteiger partial charge in [0.25, 0.3) is 0 Å². The number of sulfonamides is 1. The average molecular weight is 389 g/mol. The van der Waals surface area contributed by atoms with Crippen LogP contribution in [0.4, 0.5) is 5.69 Å². The minimum Gasteiger partial charge on any atom is -0.358 e. The number of anilines is 1. The molecule has 0 aliphatic rings. The Morgan fingerprint density at radius 3 is 2.22 bits per heavy atom. The third-order valence-electron chi connectivity index (χ3n) is 4.07. The molecule has 2 aromatic carbocycles. The predicted molar refractivity (Wildman–Crippen MR) is 105 cm³/mol. The van der Waals surface area contributed by atoms with Crippen molar-refractivity contribution in [2.24, 2.45) is 0 Å². The van der Waals surface area contributed by atoms with Crippen LogP contribution in [0, 0.1) is 6.92 Å². The monoisotopic (exact) mass is 389 g/mol. The van der Waals surface area contributed by atoms with Crippen molar-refractivity contribution in [3.8, 4) is 11.1 Å². The molecule has 0 aliphatic heterocycles. The van der Waals surface area contributed by atoms with Gasteiger partial charge in [0.15, 0.2) is 0 Å². The molecule has 0 heterocycles. The maximum absolute atomic E-state index is 12.6. The highest BCUT2D eigenvalue weighted by Crippen LogP contribution is 2.27. The average Bonchev–Trinajstić information content (AvgIpc) is 2.61. The second-order valence-electron chi connectivity index (χ2n) is 6.17. The van der Waals surface area contributed by atoms with Gasteiger partial charge in [0, 0.05) is 26.7 Å². The van der Waals surface area contributed by atoms with Gasteiger partial charge in [0.2, 0.25) is 21.8 Å². The normalized spacial score (nSPS) is 11.3. The van der Waals surface area contributed by atoms with Crippen LogP contribution < -0.4 is 10.6 Å². The summed E-state index contributed by atoms with van der Waals surface area (Å²) in [5.41, 5.74) is 3.28. The number of rotatable bonds is 6. The summed E-state index contributed by atoms with van der Waals surface area (Å²) in [5.74, 6) is -0.525. The summed E-state index contributed by atoms with van der Waals surface area (Å²) >= 11 is 0. The van der Waals surface area contributed by atoms with Crippen LogP contribution >= 0.6 is 0 Å². The smallest absolute Gasteiger partial charge is 0.243 e. The summed E-state index contributed by atoms with van der Waals surface area (Å²) in [7, 11) is -0.934. The van der Waals surface area contributed by atoms with Gasteiger partial charge in [-0.25, -0.2) is 8.42 Å². The predicted octanol–water partition coefficient (Wildman–Crippen LogP) is 1.99. The summed E-state index contributed by atoms with van der Waals surface area (Å²) in [6.45, 7) is 3.03. The third kappa shape index (κ3) is 4.93. The summed E-state index contributed by atoms with van der Waals surface area (Å²) in [6.07, 6.45) is 0. The molecule has 0 aliphatic carbocycles. The zero-order valence-electron chi connectivity index (χ0n) is 15.7. The Hall–Kier alpha value is -2.71. The van der Waals surface area contributed by atoms with Gasteiger partial charge in [-0.2, -0.15) is 4.31 Å². The number of benzene rings is 2. The van der Waals surface area contributed by atoms with Crippen LogP contribution in [0.3, 0.4) is 0 Å². The molecule has 7 nitrogen and oxygen atoms in total. The molecule has 2 aromatic rings. The number of hydrogen-bond donors (Lipinski definition) is 2. The minimum absolute atomic E-state index is 0.130. The molecular weight excluding hydrogens is 366 g/mol. The minimum atomic E-state index is -3.76. The van der Waals surface area contributed by atoms with Crippen molar-refractivity contribution in [3.05, 3.63) is 48.0 Å². The number of aryl methyl sites for hydroxylation is 1. The van der Waals surface area contributed by atoms with E-state index >= 15 is 0 Å². The Bertz CT molecular complexity index is 953. The molecule has 2 amide bonds. The van der Waals surface area contributed by atoms with E-state index in [4.69, 9.17) is 0 Å². The molecule has 0 spiro atoms. The van der Waals surface area contributed by atoms with E-state index < -0.39 is 10.0 Å². The van der Waals surface area contributed by atoms with E-state index in [9.17, 15) is 18.0 Å². The lowest BCUT2D eigenvalue weighted by Crippen LogP contribution is -2.36. The van der Waals surface area contributed by atoms with Crippen molar-refractivity contribution in [2.45, 2.75) is 18.7 Å². The first-order valence-electron chi connectivity index (χ1n) is 8.30. The summed E-state index contributed by atoms with van der Waals surface area (Å²) in [4.78, 5) is 22.7. The Labute approximate surface area is 159 Å². The quantitative estimate of drug-likeness (QED) is 0.790. The Balaban J connectivity index is 2.29. The maximum Gasteiger partial charge on any atom is 0.243 e. The largest absolute Gasteiger partial charge is 0.358 e. The zero-order chi connectivity index (χ0) is 20.2. The number of amides is 2. The Kier molecular flexibility index (Phi) is 6.35. The van der Waals surface area contributed by atoms with Crippen molar-refractivity contribution >= 4 is 27.5 Å². The first-order chi connectivity index (χ1) is 12.6. The molecule has 0 unspecified atom stereocenters. The lowest BCUT2D eigenvalue weighted by Gasteiger charge is -2.17. The van der Waals surface area contributed by atoms with Crippen LogP contribution in [0.5, 0.6) is 0 Å². The van der Waals surface area contributed by atoms with E-state index in [2.05, 4.69) is 10.6 Å². The molecular formula is C19H23N3O4S. The van der Waals surface area contributed by atoms with Gasteiger partial charge in [-0.1, -0.05) is 18.2 Å². The molecule has 27 heavy (non-hydrogen) atoms. The van der Waals surface area contributed by atoms with Crippen LogP contribution in [-0.4, -0.2) is 45.2 Å². The molecule has 8 heteroatoms. The number of nitrogens with one attached hydrogen (secondary N) is 2. The van der Waals surface area contributed by atoms with Crippen LogP contribution in [0.1, 0.15) is 12.5 Å². The fraction of sp³-hybridized carbons (Fsp3) is 0.263. The first-order valence-corrected chi connectivity index (χ1v) is 9.74. The van der Waals surface area contributed by atoms with Crippen molar-refractivity contribution in [1.82, 2.24) is 9.62 Å². The second kappa shape index (κ2) is 8.32. The fourth-order valence-corrected chi connectivity index (χ4v) is 3.82. The molecule has 0 atom stereocenters. The Morgan fingerprint density at radius 2 is 1.70 bits per heavy atom. The van der Waals surface area contributed by atoms with Crippen LogP contribution in [-0.2, 0) is 19.6 Å². The number of carbonyl (C=O) groups excluding carboxylic acids is 2. The molecule has 0 bridgehead atoms. The maximum atomic E-state index is 12.6. The molecule has 2 rings (SSSR count). The summed E-state index contributed by atoms with van der Waals surface area (Å²) < 4.78 is 26.3. The van der Waals surface area contributed by atoms with Crippen molar-refractivity contribution in [1.29, 1.82) is 0 Å². The SMILES string of the molecule is CNC(=O)CN(C)S(=O)(=O)c1ccc(-c2ccc(NC(C)=O)cc2)c(C)c1. The molecule has 0 saturated carbocycles. The van der Waals surface area contributed by atoms with E-state index in [0.29, 0.717) is 5.69 Å². The van der Waals surface area contributed by atoms with Gasteiger partial charge in [-0.3, -0.25) is 9.59 Å². The van der Waals surface area contributed by atoms with Gasteiger partial charge < -0.3 is 10.6 Å². The number of hydrogen-bond acceptors (Lipinski definition) is 4. The number of likely N-dealkylation sites (N-methyl/N-ethyl adjacent to an activating group) is 2. The highest BCUT2D eigenvalue weighted by atomic mass is 32.2. The van der Waals surface area contributed by atoms with E-state index in [0.717, 1.165) is 21.0 Å². The van der Waals surface area contributed by atoms with Gasteiger partial charge in [-0.15, -0.1) is 0 Å². The van der Waals surface area contributed by atoms with Crippen molar-refractivity contribution < 1.29 is 18.0 Å². The summed E-state index contributed by atoms with van der Waals surface area (Å²) in [6, 6.07) is 12.2. The molecule has 0 fully saturated rings. The van der Waals surface area contributed by atoms with Gasteiger partial charge in [0.1, 0.15) is 0 Å². The van der Waals surface area contributed by atoms with Crippen molar-refractivity contribution in [3.63, 3.8) is 0 Å². The molecule has 0 saturated heterocycles. The number of nitrogens with zero attached hydrogens (tertiary/aromatic N) is 1. The van der Waals surface area contributed by atoms with Crippen LogP contribution in [0.25, 0.3) is 11.1 Å². The number of carbonyl (C=O) groups is 2. The highest BCUT2D eigenvalue weighted by molar-refractivity contribution is 7.89. The van der Waals surface area contributed by atoms with Gasteiger partial charge in [-0.05, 0) is 47.9 Å². The molecule has 2 N–H and O–H groups in total. The third-order valence-corrected chi connectivity index (χ3v) is 5.87. The van der Waals surface area contributed by atoms with Gasteiger partial charge >= 0.3 is 0 Å². The second-order valence-corrected chi connectivity index (χ2v) is 8.21. The standard InChI is InChI=1S/C19H23N3O4S/c1-13-11-17(27(25,26)22(4)12-19(24)20-3)9-10-18(13)15-5-7-16(8-6-15)21-14(2)23/h5-11H,12H2,1-4H3,(H,20,24)(H,21,23). The highest BCUT2D eigenvalue weighted by Gasteiger charge is 2.23. The molecule has 0 aromatic heterocycles. The lowest BCUT2D eigenvalue weighted by molar-refractivity contribution is -0.120. The van der Waals surface area contributed by atoms with Crippen LogP contribution in [0.15, 0.2) is 47.4 Å². The summed E-state index contributed by atoms with van der Waals surface area (Å²) in [5, 5.41) is 5.11. The lowest BCUT2D eigenvalue weighted by atomic mass is 10.0. The van der Waals surface area contributed by atoms with Crippen LogP contribution in [0.2, 0.25) is 0 Å². The van der Waals surface area contributed by atoms with E-state index in [1.54, 1.807) is 24.3 Å².